The zero-order chi connectivity index (χ0) is 14.2. The summed E-state index contributed by atoms with van der Waals surface area (Å²) >= 11 is 0. The van der Waals surface area contributed by atoms with Crippen molar-refractivity contribution in [3.8, 4) is 11.3 Å². The smallest absolute Gasteiger partial charge is 0.374 e. The highest BCUT2D eigenvalue weighted by atomic mass is 32.2. The molecule has 19 heavy (non-hydrogen) atoms. The van der Waals surface area contributed by atoms with Crippen LogP contribution in [0.5, 0.6) is 0 Å². The second-order valence-corrected chi connectivity index (χ2v) is 6.03. The molecule has 0 aliphatic carbocycles. The molecule has 0 radical (unpaired) electrons. The van der Waals surface area contributed by atoms with E-state index in [-0.39, 0.29) is 22.2 Å². The molecule has 0 unspecified atom stereocenters. The van der Waals surface area contributed by atoms with E-state index in [0.717, 1.165) is 6.26 Å². The number of hydrogen-bond acceptors (Lipinski definition) is 5. The van der Waals surface area contributed by atoms with Crippen molar-refractivity contribution in [1.82, 2.24) is 4.98 Å². The van der Waals surface area contributed by atoms with Gasteiger partial charge in [-0.25, -0.2) is 18.2 Å². The van der Waals surface area contributed by atoms with Crippen molar-refractivity contribution in [2.24, 2.45) is 0 Å². The van der Waals surface area contributed by atoms with Crippen molar-refractivity contribution in [3.63, 3.8) is 0 Å². The number of aromatic carboxylic acids is 1. The molecule has 0 bridgehead atoms. The van der Waals surface area contributed by atoms with E-state index in [0.29, 0.717) is 5.56 Å². The molecule has 1 heterocycles. The number of aryl methyl sites for hydroxylation is 1. The topological polar surface area (TPSA) is 97.5 Å². The van der Waals surface area contributed by atoms with Gasteiger partial charge in [0.2, 0.25) is 5.76 Å². The van der Waals surface area contributed by atoms with Crippen LogP contribution in [0, 0.1) is 6.92 Å². The lowest BCUT2D eigenvalue weighted by Crippen LogP contribution is -1.98. The van der Waals surface area contributed by atoms with Gasteiger partial charge in [-0.3, -0.25) is 0 Å². The first-order chi connectivity index (χ1) is 8.79. The third-order valence-corrected chi connectivity index (χ3v) is 3.61. The molecule has 0 aliphatic rings. The first-order valence-electron chi connectivity index (χ1n) is 5.30. The number of aromatic nitrogens is 1. The maximum absolute atomic E-state index is 11.3. The first kappa shape index (κ1) is 13.3. The molecular formula is C12H11NO5S. The fourth-order valence-corrected chi connectivity index (χ4v) is 2.26. The minimum atomic E-state index is -3.28. The monoisotopic (exact) mass is 281 g/mol. The van der Waals surface area contributed by atoms with Gasteiger partial charge in [0, 0.05) is 18.7 Å². The fraction of sp³-hybridized carbons (Fsp3) is 0.167. The average Bonchev–Trinajstić information content (AvgIpc) is 2.70. The number of benzene rings is 1. The summed E-state index contributed by atoms with van der Waals surface area (Å²) in [5, 5.41) is 8.99. The van der Waals surface area contributed by atoms with Crippen LogP contribution < -0.4 is 0 Å². The molecule has 0 saturated carbocycles. The van der Waals surface area contributed by atoms with Crippen LogP contribution in [0.3, 0.4) is 0 Å². The van der Waals surface area contributed by atoms with Crippen LogP contribution in [0.4, 0.5) is 0 Å². The van der Waals surface area contributed by atoms with E-state index in [4.69, 9.17) is 9.52 Å². The van der Waals surface area contributed by atoms with Gasteiger partial charge in [0.1, 0.15) is 5.69 Å². The van der Waals surface area contributed by atoms with Crippen LogP contribution in [-0.4, -0.2) is 30.7 Å². The molecule has 2 rings (SSSR count). The van der Waals surface area contributed by atoms with E-state index in [2.05, 4.69) is 4.98 Å². The highest BCUT2D eigenvalue weighted by Crippen LogP contribution is 2.25. The number of sulfone groups is 1. The summed E-state index contributed by atoms with van der Waals surface area (Å²) in [4.78, 5) is 15.2. The predicted molar refractivity (Wildman–Crippen MR) is 66.7 cm³/mol. The normalized spacial score (nSPS) is 11.5. The molecule has 0 atom stereocenters. The molecule has 0 amide bonds. The number of oxazole rings is 1. The van der Waals surface area contributed by atoms with Gasteiger partial charge in [-0.1, -0.05) is 12.1 Å². The van der Waals surface area contributed by atoms with Crippen LogP contribution in [0.25, 0.3) is 11.3 Å². The standard InChI is InChI=1S/C12H11NO5S/c1-7-13-10(11(18-7)12(14)15)8-3-5-9(6-4-8)19(2,16)17/h3-6H,1-2H3,(H,14,15). The van der Waals surface area contributed by atoms with Crippen molar-refractivity contribution >= 4 is 15.8 Å². The lowest BCUT2D eigenvalue weighted by atomic mass is 10.1. The van der Waals surface area contributed by atoms with Crippen LogP contribution in [0.1, 0.15) is 16.4 Å². The largest absolute Gasteiger partial charge is 0.475 e. The number of carbonyl (C=O) groups is 1. The highest BCUT2D eigenvalue weighted by Gasteiger charge is 2.19. The molecule has 0 spiro atoms. The van der Waals surface area contributed by atoms with E-state index in [1.165, 1.54) is 24.3 Å². The van der Waals surface area contributed by atoms with Crippen LogP contribution >= 0.6 is 0 Å². The Bertz CT molecular complexity index is 728. The summed E-state index contributed by atoms with van der Waals surface area (Å²) in [5.74, 6) is -1.24. The summed E-state index contributed by atoms with van der Waals surface area (Å²) in [7, 11) is -3.28. The Morgan fingerprint density at radius 2 is 1.84 bits per heavy atom. The number of carboxylic acid groups (broad SMARTS) is 1. The zero-order valence-electron chi connectivity index (χ0n) is 10.2. The van der Waals surface area contributed by atoms with Gasteiger partial charge in [0.15, 0.2) is 15.7 Å². The second kappa shape index (κ2) is 4.51. The molecule has 0 fully saturated rings. The quantitative estimate of drug-likeness (QED) is 0.920. The molecule has 0 saturated heterocycles. The fourth-order valence-electron chi connectivity index (χ4n) is 1.63. The summed E-state index contributed by atoms with van der Waals surface area (Å²) in [5.41, 5.74) is 0.673. The minimum absolute atomic E-state index is 0.161. The zero-order valence-corrected chi connectivity index (χ0v) is 11.1. The Balaban J connectivity index is 2.52. The van der Waals surface area contributed by atoms with Gasteiger partial charge in [-0.2, -0.15) is 0 Å². The van der Waals surface area contributed by atoms with Crippen molar-refractivity contribution in [2.75, 3.05) is 6.26 Å². The first-order valence-corrected chi connectivity index (χ1v) is 7.19. The summed E-state index contributed by atoms with van der Waals surface area (Å²) < 4.78 is 27.7. The van der Waals surface area contributed by atoms with Gasteiger partial charge in [0.25, 0.3) is 0 Å². The molecule has 0 aliphatic heterocycles. The Kier molecular flexibility index (Phi) is 3.15. The van der Waals surface area contributed by atoms with E-state index in [9.17, 15) is 13.2 Å². The Morgan fingerprint density at radius 3 is 2.32 bits per heavy atom. The van der Waals surface area contributed by atoms with E-state index in [1.54, 1.807) is 6.92 Å². The van der Waals surface area contributed by atoms with Crippen LogP contribution in [-0.2, 0) is 9.84 Å². The van der Waals surface area contributed by atoms with Crippen molar-refractivity contribution < 1.29 is 22.7 Å². The number of nitrogens with zero attached hydrogens (tertiary/aromatic N) is 1. The minimum Gasteiger partial charge on any atom is -0.475 e. The summed E-state index contributed by atoms with van der Waals surface area (Å²) in [6, 6.07) is 5.81. The lowest BCUT2D eigenvalue weighted by Gasteiger charge is -2.00. The number of hydrogen-bond donors (Lipinski definition) is 1. The van der Waals surface area contributed by atoms with Gasteiger partial charge in [-0.05, 0) is 12.1 Å². The van der Waals surface area contributed by atoms with E-state index >= 15 is 0 Å². The molecule has 2 aromatic rings. The molecule has 7 heteroatoms. The van der Waals surface area contributed by atoms with Gasteiger partial charge >= 0.3 is 5.97 Å². The molecular weight excluding hydrogens is 270 g/mol. The predicted octanol–water partition coefficient (Wildman–Crippen LogP) is 1.75. The van der Waals surface area contributed by atoms with Gasteiger partial charge in [-0.15, -0.1) is 0 Å². The highest BCUT2D eigenvalue weighted by molar-refractivity contribution is 7.90. The second-order valence-electron chi connectivity index (χ2n) is 4.01. The number of rotatable bonds is 3. The molecule has 6 nitrogen and oxygen atoms in total. The number of carboxylic acids is 1. The third kappa shape index (κ3) is 2.65. The summed E-state index contributed by atoms with van der Waals surface area (Å²) in [6.45, 7) is 1.54. The van der Waals surface area contributed by atoms with Crippen LogP contribution in [0.15, 0.2) is 33.6 Å². The van der Waals surface area contributed by atoms with Gasteiger partial charge < -0.3 is 9.52 Å². The van der Waals surface area contributed by atoms with Gasteiger partial charge in [0.05, 0.1) is 4.90 Å². The maximum atomic E-state index is 11.3. The van der Waals surface area contributed by atoms with E-state index in [1.807, 2.05) is 0 Å². The van der Waals surface area contributed by atoms with Crippen molar-refractivity contribution in [3.05, 3.63) is 35.9 Å². The van der Waals surface area contributed by atoms with Crippen molar-refractivity contribution in [1.29, 1.82) is 0 Å². The lowest BCUT2D eigenvalue weighted by molar-refractivity contribution is 0.0662. The van der Waals surface area contributed by atoms with E-state index < -0.39 is 15.8 Å². The van der Waals surface area contributed by atoms with Crippen LogP contribution in [0.2, 0.25) is 0 Å². The Labute approximate surface area is 109 Å². The molecule has 1 aromatic heterocycles. The Morgan fingerprint density at radius 1 is 1.26 bits per heavy atom. The van der Waals surface area contributed by atoms with Crippen molar-refractivity contribution in [2.45, 2.75) is 11.8 Å². The molecule has 1 aromatic carbocycles. The summed E-state index contributed by atoms with van der Waals surface area (Å²) in [6.07, 6.45) is 1.10. The Hall–Kier alpha value is -2.15. The molecule has 1 N–H and O–H groups in total. The molecule has 100 valence electrons. The maximum Gasteiger partial charge on any atom is 0.374 e. The SMILES string of the molecule is Cc1nc(-c2ccc(S(C)(=O)=O)cc2)c(C(=O)O)o1. The third-order valence-electron chi connectivity index (χ3n) is 2.48. The average molecular weight is 281 g/mol.